The molecule has 4 nitrogen and oxygen atoms in total. The Labute approximate surface area is 106 Å². The van der Waals surface area contributed by atoms with Gasteiger partial charge in [-0.05, 0) is 37.1 Å². The monoisotopic (exact) mass is 244 g/mol. The molecule has 0 radical (unpaired) electrons. The number of hydrogen-bond acceptors (Lipinski definition) is 3. The van der Waals surface area contributed by atoms with Crippen LogP contribution in [0.2, 0.25) is 0 Å². The van der Waals surface area contributed by atoms with Crippen molar-refractivity contribution in [3.63, 3.8) is 0 Å². The average molecular weight is 244 g/mol. The lowest BCUT2D eigenvalue weighted by Crippen LogP contribution is -2.25. The summed E-state index contributed by atoms with van der Waals surface area (Å²) >= 11 is 0. The van der Waals surface area contributed by atoms with E-state index in [4.69, 9.17) is 4.74 Å². The summed E-state index contributed by atoms with van der Waals surface area (Å²) in [5, 5.41) is 2.85. The molecule has 2 rings (SSSR count). The first-order valence-electron chi connectivity index (χ1n) is 5.86. The van der Waals surface area contributed by atoms with Gasteiger partial charge in [-0.2, -0.15) is 0 Å². The minimum absolute atomic E-state index is 0.116. The van der Waals surface area contributed by atoms with Crippen molar-refractivity contribution in [3.8, 4) is 5.75 Å². The average Bonchev–Trinajstić information content (AvgIpc) is 2.39. The quantitative estimate of drug-likeness (QED) is 0.885. The fraction of sp³-hybridized carbons (Fsp3) is 0.286. The highest BCUT2D eigenvalue weighted by Gasteiger charge is 2.11. The molecule has 0 unspecified atom stereocenters. The first-order chi connectivity index (χ1) is 8.70. The van der Waals surface area contributed by atoms with Crippen LogP contribution in [0, 0.1) is 6.92 Å². The van der Waals surface area contributed by atoms with Crippen LogP contribution in [0.5, 0.6) is 5.75 Å². The van der Waals surface area contributed by atoms with Crippen LogP contribution in [0.3, 0.4) is 0 Å². The van der Waals surface area contributed by atoms with Gasteiger partial charge in [0.25, 0.3) is 5.91 Å². The van der Waals surface area contributed by atoms with Crippen LogP contribution in [0.15, 0.2) is 35.0 Å². The number of nitrogens with one attached hydrogen (secondary N) is 1. The lowest BCUT2D eigenvalue weighted by Gasteiger charge is -2.11. The zero-order valence-electron chi connectivity index (χ0n) is 10.6. The first-order valence-corrected chi connectivity index (χ1v) is 5.86. The number of amides is 1. The summed E-state index contributed by atoms with van der Waals surface area (Å²) in [5.41, 5.74) is 2.30. The topological polar surface area (TPSA) is 50.7 Å². The molecule has 0 saturated carbocycles. The number of benzene rings is 1. The van der Waals surface area contributed by atoms with Gasteiger partial charge in [-0.3, -0.25) is 9.79 Å². The number of methoxy groups -OCH3 is 1. The Morgan fingerprint density at radius 1 is 1.44 bits per heavy atom. The fourth-order valence-corrected chi connectivity index (χ4v) is 1.81. The van der Waals surface area contributed by atoms with E-state index in [0.29, 0.717) is 5.56 Å². The molecule has 0 spiro atoms. The van der Waals surface area contributed by atoms with Crippen LogP contribution >= 0.6 is 0 Å². The van der Waals surface area contributed by atoms with Crippen LogP contribution in [-0.2, 0) is 0 Å². The SMILES string of the molecule is COc1ccc(C(=O)NC2=CCCN=C2)c(C)c1. The minimum Gasteiger partial charge on any atom is -0.497 e. The summed E-state index contributed by atoms with van der Waals surface area (Å²) in [4.78, 5) is 16.2. The Balaban J connectivity index is 2.13. The van der Waals surface area contributed by atoms with Crippen LogP contribution < -0.4 is 10.1 Å². The van der Waals surface area contributed by atoms with Crippen molar-refractivity contribution >= 4 is 12.1 Å². The molecule has 18 heavy (non-hydrogen) atoms. The Hall–Kier alpha value is -2.10. The number of aliphatic imine (C=N–C) groups is 1. The summed E-state index contributed by atoms with van der Waals surface area (Å²) in [7, 11) is 1.61. The van der Waals surface area contributed by atoms with Crippen molar-refractivity contribution in [1.82, 2.24) is 5.32 Å². The van der Waals surface area contributed by atoms with Gasteiger partial charge in [0, 0.05) is 18.3 Å². The molecule has 0 saturated heterocycles. The number of hydrogen-bond donors (Lipinski definition) is 1. The van der Waals surface area contributed by atoms with Crippen LogP contribution in [0.25, 0.3) is 0 Å². The van der Waals surface area contributed by atoms with Crippen molar-refractivity contribution in [2.75, 3.05) is 13.7 Å². The van der Waals surface area contributed by atoms with E-state index >= 15 is 0 Å². The number of dihydropyridines is 1. The summed E-state index contributed by atoms with van der Waals surface area (Å²) < 4.78 is 5.12. The Bertz CT molecular complexity index is 519. The molecule has 1 aromatic rings. The third-order valence-electron chi connectivity index (χ3n) is 2.79. The van der Waals surface area contributed by atoms with Crippen molar-refractivity contribution in [2.24, 2.45) is 4.99 Å². The number of ether oxygens (including phenoxy) is 1. The molecule has 4 heteroatoms. The van der Waals surface area contributed by atoms with Gasteiger partial charge in [0.2, 0.25) is 0 Å². The molecule has 94 valence electrons. The third kappa shape index (κ3) is 2.77. The second-order valence-electron chi connectivity index (χ2n) is 4.12. The maximum Gasteiger partial charge on any atom is 0.255 e. The van der Waals surface area contributed by atoms with Gasteiger partial charge >= 0.3 is 0 Å². The van der Waals surface area contributed by atoms with E-state index in [1.54, 1.807) is 25.5 Å². The van der Waals surface area contributed by atoms with Crippen molar-refractivity contribution < 1.29 is 9.53 Å². The molecule has 1 aliphatic rings. The molecule has 0 bridgehead atoms. The predicted octanol–water partition coefficient (Wildman–Crippen LogP) is 2.09. The lowest BCUT2D eigenvalue weighted by molar-refractivity contribution is 0.0967. The van der Waals surface area contributed by atoms with Gasteiger partial charge in [0.1, 0.15) is 5.75 Å². The van der Waals surface area contributed by atoms with Crippen molar-refractivity contribution in [1.29, 1.82) is 0 Å². The lowest BCUT2D eigenvalue weighted by atomic mass is 10.1. The van der Waals surface area contributed by atoms with Gasteiger partial charge in [-0.1, -0.05) is 6.08 Å². The van der Waals surface area contributed by atoms with E-state index in [1.807, 2.05) is 19.1 Å². The summed E-state index contributed by atoms with van der Waals surface area (Å²) in [6, 6.07) is 5.40. The third-order valence-corrected chi connectivity index (χ3v) is 2.79. The number of allylic oxidation sites excluding steroid dienone is 1. The van der Waals surface area contributed by atoms with E-state index in [9.17, 15) is 4.79 Å². The summed E-state index contributed by atoms with van der Waals surface area (Å²) in [5.74, 6) is 0.636. The standard InChI is InChI=1S/C14H16N2O2/c1-10-8-12(18-2)5-6-13(10)14(17)16-11-4-3-7-15-9-11/h4-6,8-9H,3,7H2,1-2H3,(H,16,17). The second-order valence-corrected chi connectivity index (χ2v) is 4.12. The van der Waals surface area contributed by atoms with Crippen LogP contribution in [0.4, 0.5) is 0 Å². The first kappa shape index (κ1) is 12.4. The fourth-order valence-electron chi connectivity index (χ4n) is 1.81. The van der Waals surface area contributed by atoms with Gasteiger partial charge in [-0.25, -0.2) is 0 Å². The molecule has 1 aromatic carbocycles. The maximum absolute atomic E-state index is 12.1. The Morgan fingerprint density at radius 3 is 2.89 bits per heavy atom. The number of carbonyl (C=O) groups is 1. The molecule has 0 atom stereocenters. The molecule has 0 aromatic heterocycles. The van der Waals surface area contributed by atoms with Gasteiger partial charge in [-0.15, -0.1) is 0 Å². The molecule has 1 N–H and O–H groups in total. The van der Waals surface area contributed by atoms with E-state index in [1.165, 1.54) is 0 Å². The Morgan fingerprint density at radius 2 is 2.28 bits per heavy atom. The van der Waals surface area contributed by atoms with Crippen molar-refractivity contribution in [3.05, 3.63) is 41.1 Å². The molecule has 0 aliphatic carbocycles. The van der Waals surface area contributed by atoms with Gasteiger partial charge < -0.3 is 10.1 Å². The molecular weight excluding hydrogens is 228 g/mol. The zero-order valence-corrected chi connectivity index (χ0v) is 10.6. The van der Waals surface area contributed by atoms with Crippen molar-refractivity contribution in [2.45, 2.75) is 13.3 Å². The highest BCUT2D eigenvalue weighted by Crippen LogP contribution is 2.17. The highest BCUT2D eigenvalue weighted by atomic mass is 16.5. The van der Waals surface area contributed by atoms with E-state index in [0.717, 1.165) is 30.0 Å². The number of nitrogens with zero attached hydrogens (tertiary/aromatic N) is 1. The Kier molecular flexibility index (Phi) is 3.77. The molecular formula is C14H16N2O2. The number of aryl methyl sites for hydroxylation is 1. The molecule has 1 heterocycles. The summed E-state index contributed by atoms with van der Waals surface area (Å²) in [6.45, 7) is 2.68. The van der Waals surface area contributed by atoms with Crippen LogP contribution in [-0.4, -0.2) is 25.8 Å². The zero-order chi connectivity index (χ0) is 13.0. The smallest absolute Gasteiger partial charge is 0.255 e. The predicted molar refractivity (Wildman–Crippen MR) is 71.3 cm³/mol. The van der Waals surface area contributed by atoms with Crippen LogP contribution in [0.1, 0.15) is 22.3 Å². The molecule has 0 fully saturated rings. The molecule has 1 aliphatic heterocycles. The highest BCUT2D eigenvalue weighted by molar-refractivity contribution is 6.00. The number of rotatable bonds is 3. The van der Waals surface area contributed by atoms with E-state index in [-0.39, 0.29) is 5.91 Å². The van der Waals surface area contributed by atoms with Gasteiger partial charge in [0.05, 0.1) is 12.8 Å². The largest absolute Gasteiger partial charge is 0.497 e. The minimum atomic E-state index is -0.116. The van der Waals surface area contributed by atoms with E-state index < -0.39 is 0 Å². The normalized spacial score (nSPS) is 14.0. The van der Waals surface area contributed by atoms with Gasteiger partial charge in [0.15, 0.2) is 0 Å². The summed E-state index contributed by atoms with van der Waals surface area (Å²) in [6.07, 6.45) is 4.54. The second kappa shape index (κ2) is 5.49. The maximum atomic E-state index is 12.1. The molecule has 1 amide bonds. The number of carbonyl (C=O) groups excluding carboxylic acids is 1. The van der Waals surface area contributed by atoms with E-state index in [2.05, 4.69) is 10.3 Å².